The number of nitro groups is 1. The lowest BCUT2D eigenvalue weighted by molar-refractivity contribution is -0.384. The molecule has 2 aromatic heterocycles. The van der Waals surface area contributed by atoms with Crippen LogP contribution in [0.1, 0.15) is 16.0 Å². The Morgan fingerprint density at radius 1 is 1.32 bits per heavy atom. The second-order valence-electron chi connectivity index (χ2n) is 4.97. The maximum Gasteiger partial charge on any atom is 0.269 e. The van der Waals surface area contributed by atoms with Gasteiger partial charge in [0.1, 0.15) is 17.0 Å². The molecule has 0 aliphatic rings. The van der Waals surface area contributed by atoms with Crippen LogP contribution in [0.15, 0.2) is 30.6 Å². The fourth-order valence-electron chi connectivity index (χ4n) is 2.28. The van der Waals surface area contributed by atoms with Crippen LogP contribution in [0.2, 0.25) is 0 Å². The van der Waals surface area contributed by atoms with Gasteiger partial charge in [-0.3, -0.25) is 10.1 Å². The molecular formula is C15H14N4O2S. The van der Waals surface area contributed by atoms with E-state index < -0.39 is 4.92 Å². The molecule has 0 radical (unpaired) electrons. The number of non-ortho nitro benzene ring substituents is 1. The Hall–Kier alpha value is -2.54. The predicted molar refractivity (Wildman–Crippen MR) is 87.3 cm³/mol. The Kier molecular flexibility index (Phi) is 3.72. The van der Waals surface area contributed by atoms with Gasteiger partial charge in [0.2, 0.25) is 0 Å². The van der Waals surface area contributed by atoms with Crippen molar-refractivity contribution in [3.8, 4) is 0 Å². The Balaban J connectivity index is 1.88. The highest BCUT2D eigenvalue weighted by molar-refractivity contribution is 7.18. The average molecular weight is 314 g/mol. The molecule has 0 spiro atoms. The highest BCUT2D eigenvalue weighted by Gasteiger charge is 2.12. The van der Waals surface area contributed by atoms with Crippen LogP contribution in [0, 0.1) is 24.0 Å². The van der Waals surface area contributed by atoms with E-state index in [2.05, 4.69) is 29.1 Å². The van der Waals surface area contributed by atoms with Gasteiger partial charge in [0.25, 0.3) is 5.69 Å². The molecule has 0 fully saturated rings. The smallest absolute Gasteiger partial charge is 0.269 e. The minimum atomic E-state index is -0.390. The lowest BCUT2D eigenvalue weighted by Gasteiger charge is -2.07. The molecule has 1 aromatic carbocycles. The van der Waals surface area contributed by atoms with Crippen LogP contribution in [0.25, 0.3) is 10.2 Å². The molecule has 3 aromatic rings. The molecule has 0 amide bonds. The number of fused-ring (bicyclic) bond motifs is 1. The number of aryl methyl sites for hydroxylation is 2. The van der Waals surface area contributed by atoms with Gasteiger partial charge in [0.05, 0.1) is 10.3 Å². The summed E-state index contributed by atoms with van der Waals surface area (Å²) < 4.78 is 0. The zero-order valence-electron chi connectivity index (χ0n) is 12.2. The number of anilines is 1. The van der Waals surface area contributed by atoms with Gasteiger partial charge in [-0.25, -0.2) is 9.97 Å². The number of thiophene rings is 1. The van der Waals surface area contributed by atoms with Crippen LogP contribution >= 0.6 is 11.3 Å². The van der Waals surface area contributed by atoms with Gasteiger partial charge in [-0.2, -0.15) is 0 Å². The highest BCUT2D eigenvalue weighted by Crippen LogP contribution is 2.32. The molecule has 0 aliphatic heterocycles. The Labute approximate surface area is 131 Å². The van der Waals surface area contributed by atoms with Gasteiger partial charge >= 0.3 is 0 Å². The van der Waals surface area contributed by atoms with Crippen LogP contribution in [0.3, 0.4) is 0 Å². The highest BCUT2D eigenvalue weighted by atomic mass is 32.1. The number of benzene rings is 1. The van der Waals surface area contributed by atoms with Gasteiger partial charge in [0, 0.05) is 23.6 Å². The molecular weight excluding hydrogens is 300 g/mol. The van der Waals surface area contributed by atoms with Crippen LogP contribution in [-0.4, -0.2) is 14.9 Å². The Morgan fingerprint density at radius 3 is 2.91 bits per heavy atom. The third kappa shape index (κ3) is 2.62. The van der Waals surface area contributed by atoms with E-state index >= 15 is 0 Å². The van der Waals surface area contributed by atoms with E-state index in [1.807, 2.05) is 6.07 Å². The topological polar surface area (TPSA) is 81.0 Å². The summed E-state index contributed by atoms with van der Waals surface area (Å²) in [4.78, 5) is 21.2. The summed E-state index contributed by atoms with van der Waals surface area (Å²) in [7, 11) is 0. The average Bonchev–Trinajstić information content (AvgIpc) is 2.81. The van der Waals surface area contributed by atoms with E-state index in [1.54, 1.807) is 23.5 Å². The first kappa shape index (κ1) is 14.4. The summed E-state index contributed by atoms with van der Waals surface area (Å²) in [6.45, 7) is 4.59. The summed E-state index contributed by atoms with van der Waals surface area (Å²) in [5.74, 6) is 0.762. The van der Waals surface area contributed by atoms with Gasteiger partial charge in [-0.05, 0) is 25.0 Å². The van der Waals surface area contributed by atoms with Crippen LogP contribution in [-0.2, 0) is 6.54 Å². The lowest BCUT2D eigenvalue weighted by Crippen LogP contribution is -2.03. The van der Waals surface area contributed by atoms with Crippen LogP contribution < -0.4 is 5.32 Å². The van der Waals surface area contributed by atoms with Crippen molar-refractivity contribution >= 4 is 33.1 Å². The maximum atomic E-state index is 10.8. The van der Waals surface area contributed by atoms with Crippen molar-refractivity contribution in [1.29, 1.82) is 0 Å². The first-order valence-corrected chi connectivity index (χ1v) is 7.56. The molecule has 22 heavy (non-hydrogen) atoms. The van der Waals surface area contributed by atoms with Crippen molar-refractivity contribution < 1.29 is 4.92 Å². The SMILES string of the molecule is Cc1sc2ncnc(NCc3cccc([N+](=O)[O-])c3)c2c1C. The molecule has 0 atom stereocenters. The fraction of sp³-hybridized carbons (Fsp3) is 0.200. The molecule has 0 saturated carbocycles. The molecule has 112 valence electrons. The van der Waals surface area contributed by atoms with E-state index in [1.165, 1.54) is 22.8 Å². The van der Waals surface area contributed by atoms with Crippen molar-refractivity contribution in [2.75, 3.05) is 5.32 Å². The second-order valence-corrected chi connectivity index (χ2v) is 6.17. The maximum absolute atomic E-state index is 10.8. The van der Waals surface area contributed by atoms with Crippen LogP contribution in [0.4, 0.5) is 11.5 Å². The normalized spacial score (nSPS) is 10.8. The van der Waals surface area contributed by atoms with E-state index in [0.717, 1.165) is 21.6 Å². The van der Waals surface area contributed by atoms with Gasteiger partial charge in [0.15, 0.2) is 0 Å². The van der Waals surface area contributed by atoms with Crippen LogP contribution in [0.5, 0.6) is 0 Å². The van der Waals surface area contributed by atoms with Crippen molar-refractivity contribution in [3.05, 3.63) is 56.7 Å². The predicted octanol–water partition coefficient (Wildman–Crippen LogP) is 3.83. The largest absolute Gasteiger partial charge is 0.365 e. The summed E-state index contributed by atoms with van der Waals surface area (Å²) in [5.41, 5.74) is 2.10. The van der Waals surface area contributed by atoms with Gasteiger partial charge < -0.3 is 5.32 Å². The van der Waals surface area contributed by atoms with E-state index in [-0.39, 0.29) is 5.69 Å². The first-order valence-electron chi connectivity index (χ1n) is 6.74. The zero-order valence-corrected chi connectivity index (χ0v) is 13.0. The Morgan fingerprint density at radius 2 is 2.14 bits per heavy atom. The number of aromatic nitrogens is 2. The lowest BCUT2D eigenvalue weighted by atomic mass is 10.2. The van der Waals surface area contributed by atoms with Gasteiger partial charge in [-0.15, -0.1) is 11.3 Å². The Bertz CT molecular complexity index is 860. The third-order valence-corrected chi connectivity index (χ3v) is 4.66. The number of nitro benzene ring substituents is 1. The molecule has 2 heterocycles. The van der Waals surface area contributed by atoms with E-state index in [9.17, 15) is 10.1 Å². The molecule has 6 nitrogen and oxygen atoms in total. The fourth-order valence-corrected chi connectivity index (χ4v) is 3.28. The molecule has 0 aliphatic carbocycles. The van der Waals surface area contributed by atoms with Crippen molar-refractivity contribution in [2.24, 2.45) is 0 Å². The standard InChI is InChI=1S/C15H14N4O2S/c1-9-10(2)22-15-13(9)14(17-8-18-15)16-7-11-4-3-5-12(6-11)19(20)21/h3-6,8H,7H2,1-2H3,(H,16,17,18). The molecule has 0 bridgehead atoms. The summed E-state index contributed by atoms with van der Waals surface area (Å²) in [6, 6.07) is 6.59. The first-order chi connectivity index (χ1) is 10.6. The van der Waals surface area contributed by atoms with Gasteiger partial charge in [-0.1, -0.05) is 12.1 Å². The summed E-state index contributed by atoms with van der Waals surface area (Å²) in [6.07, 6.45) is 1.54. The quantitative estimate of drug-likeness (QED) is 0.584. The molecule has 1 N–H and O–H groups in total. The van der Waals surface area contributed by atoms with Crippen molar-refractivity contribution in [2.45, 2.75) is 20.4 Å². The number of hydrogen-bond acceptors (Lipinski definition) is 6. The van der Waals surface area contributed by atoms with Crippen molar-refractivity contribution in [3.63, 3.8) is 0 Å². The zero-order chi connectivity index (χ0) is 15.7. The minimum Gasteiger partial charge on any atom is -0.365 e. The monoisotopic (exact) mass is 314 g/mol. The number of hydrogen-bond donors (Lipinski definition) is 1. The molecule has 0 saturated heterocycles. The molecule has 7 heteroatoms. The molecule has 3 rings (SSSR count). The summed E-state index contributed by atoms with van der Waals surface area (Å²) >= 11 is 1.64. The summed E-state index contributed by atoms with van der Waals surface area (Å²) in [5, 5.41) is 15.1. The number of nitrogens with zero attached hydrogens (tertiary/aromatic N) is 3. The third-order valence-electron chi connectivity index (χ3n) is 3.55. The van der Waals surface area contributed by atoms with E-state index in [4.69, 9.17) is 0 Å². The number of nitrogens with one attached hydrogen (secondary N) is 1. The number of rotatable bonds is 4. The minimum absolute atomic E-state index is 0.0923. The molecule has 0 unspecified atom stereocenters. The second kappa shape index (κ2) is 5.69. The van der Waals surface area contributed by atoms with E-state index in [0.29, 0.717) is 6.54 Å². The van der Waals surface area contributed by atoms with Crippen molar-refractivity contribution in [1.82, 2.24) is 9.97 Å².